The zero-order chi connectivity index (χ0) is 4.12. The molecule has 0 radical (unpaired) electrons. The molecule has 0 amide bonds. The second-order valence-electron chi connectivity index (χ2n) is 0.993. The maximum absolute atomic E-state index is 4.69. The Kier molecular flexibility index (Phi) is 13.8. The number of hydrogen-bond acceptors (Lipinski definition) is 1. The molecule has 2 N–H and O–H groups in total. The maximum atomic E-state index is 4.69. The number of methoxy groups -OCH3 is 1. The second kappa shape index (κ2) is 8.87. The first-order chi connectivity index (χ1) is 2.41. The standard InChI is InChI=1S/C4H10O.H2O/c1-3-4-5-2;/h3-4H2,1-2H3;1H2. The Labute approximate surface area is 38.4 Å². The molecule has 0 aliphatic carbocycles. The lowest BCUT2D eigenvalue weighted by atomic mass is 10.5. The summed E-state index contributed by atoms with van der Waals surface area (Å²) in [7, 11) is 1.71. The molecule has 0 aromatic rings. The van der Waals surface area contributed by atoms with Crippen LogP contribution in [0.25, 0.3) is 0 Å². The van der Waals surface area contributed by atoms with E-state index in [1.165, 1.54) is 0 Å². The number of hydrogen-bond donors (Lipinski definition) is 0. The van der Waals surface area contributed by atoms with Crippen molar-refractivity contribution in [3.63, 3.8) is 0 Å². The lowest BCUT2D eigenvalue weighted by Crippen LogP contribution is -1.80. The van der Waals surface area contributed by atoms with Crippen LogP contribution in [0.15, 0.2) is 0 Å². The molecule has 40 valence electrons. The second-order valence-corrected chi connectivity index (χ2v) is 0.993. The first-order valence-corrected chi connectivity index (χ1v) is 1.90. The zero-order valence-electron chi connectivity index (χ0n) is 4.32. The molecule has 0 saturated heterocycles. The first-order valence-electron chi connectivity index (χ1n) is 1.90. The van der Waals surface area contributed by atoms with Crippen LogP contribution < -0.4 is 0 Å². The van der Waals surface area contributed by atoms with Gasteiger partial charge in [0.15, 0.2) is 0 Å². The Balaban J connectivity index is 0. The molecule has 2 heteroatoms. The van der Waals surface area contributed by atoms with E-state index in [9.17, 15) is 0 Å². The summed E-state index contributed by atoms with van der Waals surface area (Å²) < 4.78 is 4.69. The average molecular weight is 92.1 g/mol. The fourth-order valence-electron chi connectivity index (χ4n) is 0.204. The van der Waals surface area contributed by atoms with Crippen LogP contribution in [0.2, 0.25) is 0 Å². The molecular formula is C4H12O2. The van der Waals surface area contributed by atoms with Crippen molar-refractivity contribution in [1.29, 1.82) is 0 Å². The monoisotopic (exact) mass is 92.1 g/mol. The fourth-order valence-corrected chi connectivity index (χ4v) is 0.204. The van der Waals surface area contributed by atoms with Crippen LogP contribution in [0.5, 0.6) is 0 Å². The summed E-state index contributed by atoms with van der Waals surface area (Å²) in [6.07, 6.45) is 1.12. The van der Waals surface area contributed by atoms with Gasteiger partial charge in [0.1, 0.15) is 0 Å². The van der Waals surface area contributed by atoms with Gasteiger partial charge < -0.3 is 10.2 Å². The van der Waals surface area contributed by atoms with Crippen molar-refractivity contribution in [2.24, 2.45) is 0 Å². The maximum Gasteiger partial charge on any atom is 0.0459 e. The number of rotatable bonds is 2. The van der Waals surface area contributed by atoms with Crippen molar-refractivity contribution in [2.45, 2.75) is 13.3 Å². The Morgan fingerprint density at radius 2 is 2.00 bits per heavy atom. The van der Waals surface area contributed by atoms with Crippen molar-refractivity contribution in [3.8, 4) is 0 Å². The third-order valence-electron chi connectivity index (χ3n) is 0.408. The van der Waals surface area contributed by atoms with Crippen molar-refractivity contribution in [2.75, 3.05) is 13.7 Å². The van der Waals surface area contributed by atoms with Crippen LogP contribution in [-0.2, 0) is 4.74 Å². The Bertz CT molecular complexity index is 13.0. The minimum absolute atomic E-state index is 0. The minimum atomic E-state index is 0. The summed E-state index contributed by atoms with van der Waals surface area (Å²) >= 11 is 0. The van der Waals surface area contributed by atoms with Crippen molar-refractivity contribution in [1.82, 2.24) is 0 Å². The van der Waals surface area contributed by atoms with E-state index in [2.05, 4.69) is 6.92 Å². The molecule has 0 aromatic carbocycles. The van der Waals surface area contributed by atoms with E-state index in [1.807, 2.05) is 0 Å². The number of ether oxygens (including phenoxy) is 1. The molecule has 0 aliphatic heterocycles. The van der Waals surface area contributed by atoms with E-state index in [1.54, 1.807) is 7.11 Å². The van der Waals surface area contributed by atoms with Gasteiger partial charge in [-0.05, 0) is 6.42 Å². The molecule has 0 aromatic heterocycles. The quantitative estimate of drug-likeness (QED) is 0.480. The molecule has 0 saturated carbocycles. The highest BCUT2D eigenvalue weighted by Gasteiger charge is 1.66. The molecule has 6 heavy (non-hydrogen) atoms. The summed E-state index contributed by atoms with van der Waals surface area (Å²) in [5.74, 6) is 0. The minimum Gasteiger partial charge on any atom is -0.412 e. The van der Waals surface area contributed by atoms with Gasteiger partial charge in [-0.15, -0.1) is 0 Å². The molecule has 0 rings (SSSR count). The SMILES string of the molecule is CCCOC.O. The fraction of sp³-hybridized carbons (Fsp3) is 1.00. The lowest BCUT2D eigenvalue weighted by Gasteiger charge is -1.84. The van der Waals surface area contributed by atoms with E-state index in [0.29, 0.717) is 0 Å². The Hall–Kier alpha value is -0.0800. The summed E-state index contributed by atoms with van der Waals surface area (Å²) in [5, 5.41) is 0. The van der Waals surface area contributed by atoms with E-state index in [4.69, 9.17) is 4.74 Å². The third-order valence-corrected chi connectivity index (χ3v) is 0.408. The third kappa shape index (κ3) is 9.07. The summed E-state index contributed by atoms with van der Waals surface area (Å²) in [6, 6.07) is 0. The van der Waals surface area contributed by atoms with Crippen LogP contribution in [-0.4, -0.2) is 19.2 Å². The molecule has 0 unspecified atom stereocenters. The highest BCUT2D eigenvalue weighted by molar-refractivity contribution is 4.15. The highest BCUT2D eigenvalue weighted by Crippen LogP contribution is 1.70. The lowest BCUT2D eigenvalue weighted by molar-refractivity contribution is 0.199. The Morgan fingerprint density at radius 1 is 1.50 bits per heavy atom. The normalized spacial score (nSPS) is 7.00. The predicted molar refractivity (Wildman–Crippen MR) is 25.8 cm³/mol. The van der Waals surface area contributed by atoms with Crippen molar-refractivity contribution < 1.29 is 10.2 Å². The predicted octanol–water partition coefficient (Wildman–Crippen LogP) is 0.218. The van der Waals surface area contributed by atoms with E-state index >= 15 is 0 Å². The molecule has 2 nitrogen and oxygen atoms in total. The molecule has 0 bridgehead atoms. The van der Waals surface area contributed by atoms with Crippen LogP contribution >= 0.6 is 0 Å². The van der Waals surface area contributed by atoms with Gasteiger partial charge in [0, 0.05) is 13.7 Å². The van der Waals surface area contributed by atoms with E-state index < -0.39 is 0 Å². The van der Waals surface area contributed by atoms with Crippen LogP contribution in [0, 0.1) is 0 Å². The molecular weight excluding hydrogens is 80.0 g/mol. The van der Waals surface area contributed by atoms with Gasteiger partial charge in [0.05, 0.1) is 0 Å². The first kappa shape index (κ1) is 9.33. The van der Waals surface area contributed by atoms with Crippen LogP contribution in [0.1, 0.15) is 13.3 Å². The van der Waals surface area contributed by atoms with Gasteiger partial charge in [-0.3, -0.25) is 0 Å². The van der Waals surface area contributed by atoms with Gasteiger partial charge >= 0.3 is 0 Å². The summed E-state index contributed by atoms with van der Waals surface area (Å²) in [6.45, 7) is 2.98. The summed E-state index contributed by atoms with van der Waals surface area (Å²) in [5.41, 5.74) is 0. The van der Waals surface area contributed by atoms with Crippen LogP contribution in [0.3, 0.4) is 0 Å². The molecule has 0 spiro atoms. The molecule has 0 aliphatic rings. The smallest absolute Gasteiger partial charge is 0.0459 e. The van der Waals surface area contributed by atoms with E-state index in [0.717, 1.165) is 13.0 Å². The summed E-state index contributed by atoms with van der Waals surface area (Å²) in [4.78, 5) is 0. The molecule has 0 heterocycles. The molecule has 0 fully saturated rings. The Morgan fingerprint density at radius 3 is 2.00 bits per heavy atom. The van der Waals surface area contributed by atoms with Gasteiger partial charge in [-0.1, -0.05) is 6.92 Å². The van der Waals surface area contributed by atoms with Crippen molar-refractivity contribution >= 4 is 0 Å². The van der Waals surface area contributed by atoms with Gasteiger partial charge in [-0.2, -0.15) is 0 Å². The molecule has 0 atom stereocenters. The van der Waals surface area contributed by atoms with Gasteiger partial charge in [0.25, 0.3) is 0 Å². The largest absolute Gasteiger partial charge is 0.412 e. The van der Waals surface area contributed by atoms with Crippen LogP contribution in [0.4, 0.5) is 0 Å². The van der Waals surface area contributed by atoms with Gasteiger partial charge in [0.2, 0.25) is 0 Å². The topological polar surface area (TPSA) is 40.7 Å². The van der Waals surface area contributed by atoms with Gasteiger partial charge in [-0.25, -0.2) is 0 Å². The average Bonchev–Trinajstić information content (AvgIpc) is 1.41. The van der Waals surface area contributed by atoms with E-state index in [-0.39, 0.29) is 5.48 Å². The van der Waals surface area contributed by atoms with Crippen molar-refractivity contribution in [3.05, 3.63) is 0 Å². The highest BCUT2D eigenvalue weighted by atomic mass is 16.5. The zero-order valence-corrected chi connectivity index (χ0v) is 4.32.